The summed E-state index contributed by atoms with van der Waals surface area (Å²) in [5, 5.41) is 11.5. The van der Waals surface area contributed by atoms with Gasteiger partial charge in [0.15, 0.2) is 0 Å². The lowest BCUT2D eigenvalue weighted by atomic mass is 10.2. The molecule has 8 nitrogen and oxygen atoms in total. The number of aryl methyl sites for hydroxylation is 1. The van der Waals surface area contributed by atoms with Gasteiger partial charge in [-0.25, -0.2) is 9.78 Å². The summed E-state index contributed by atoms with van der Waals surface area (Å²) in [6.07, 6.45) is 1.01. The molecule has 21 heavy (non-hydrogen) atoms. The zero-order chi connectivity index (χ0) is 15.4. The number of ether oxygens (including phenoxy) is 1. The number of hydrogen-bond donors (Lipinski definition) is 2. The van der Waals surface area contributed by atoms with Crippen molar-refractivity contribution >= 4 is 12.0 Å². The molecule has 0 spiro atoms. The number of rotatable bonds is 4. The molecule has 2 amide bonds. The predicted molar refractivity (Wildman–Crippen MR) is 71.8 cm³/mol. The number of carboxylic acids is 1. The number of urea groups is 1. The first-order valence-corrected chi connectivity index (χ1v) is 6.77. The molecule has 2 N–H and O–H groups in total. The largest absolute Gasteiger partial charge is 0.481 e. The number of carbonyl (C=O) groups excluding carboxylic acids is 1. The molecule has 1 aromatic heterocycles. The average Bonchev–Trinajstić information content (AvgIpc) is 2.85. The molecular weight excluding hydrogens is 278 g/mol. The smallest absolute Gasteiger partial charge is 0.318 e. The van der Waals surface area contributed by atoms with Crippen LogP contribution in [0.4, 0.5) is 4.79 Å². The fourth-order valence-electron chi connectivity index (χ4n) is 2.13. The summed E-state index contributed by atoms with van der Waals surface area (Å²) in [5.41, 5.74) is 0. The van der Waals surface area contributed by atoms with Crippen LogP contribution in [0.3, 0.4) is 0 Å². The number of carboxylic acid groups (broad SMARTS) is 1. The molecule has 0 saturated carbocycles. The first-order valence-electron chi connectivity index (χ1n) is 6.77. The maximum atomic E-state index is 12.2. The van der Waals surface area contributed by atoms with Gasteiger partial charge in [0.05, 0.1) is 25.3 Å². The van der Waals surface area contributed by atoms with Gasteiger partial charge < -0.3 is 24.5 Å². The third-order valence-electron chi connectivity index (χ3n) is 3.18. The number of aliphatic carboxylic acids is 1. The lowest BCUT2D eigenvalue weighted by Crippen LogP contribution is -2.50. The topological polar surface area (TPSA) is 105 Å². The van der Waals surface area contributed by atoms with Crippen molar-refractivity contribution in [3.05, 3.63) is 17.8 Å². The highest BCUT2D eigenvalue weighted by atomic mass is 16.5. The molecule has 116 valence electrons. The van der Waals surface area contributed by atoms with Crippen molar-refractivity contribution in [2.45, 2.75) is 32.4 Å². The molecule has 8 heteroatoms. The molecule has 2 rings (SSSR count). The van der Waals surface area contributed by atoms with Crippen LogP contribution in [0.15, 0.2) is 10.6 Å². The van der Waals surface area contributed by atoms with Crippen LogP contribution in [0.25, 0.3) is 0 Å². The summed E-state index contributed by atoms with van der Waals surface area (Å²) in [7, 11) is 0. The Hall–Kier alpha value is -2.09. The lowest BCUT2D eigenvalue weighted by Gasteiger charge is -2.32. The van der Waals surface area contributed by atoms with E-state index in [0.29, 0.717) is 24.8 Å². The second-order valence-corrected chi connectivity index (χ2v) is 5.02. The summed E-state index contributed by atoms with van der Waals surface area (Å²) in [6.45, 7) is 4.58. The highest BCUT2D eigenvalue weighted by Crippen LogP contribution is 2.14. The van der Waals surface area contributed by atoms with Crippen LogP contribution in [-0.2, 0) is 9.53 Å². The Balaban J connectivity index is 1.89. The first kappa shape index (κ1) is 15.3. The fourth-order valence-corrected chi connectivity index (χ4v) is 2.13. The second-order valence-electron chi connectivity index (χ2n) is 5.02. The zero-order valence-electron chi connectivity index (χ0n) is 12.0. The van der Waals surface area contributed by atoms with Crippen molar-refractivity contribution in [2.75, 3.05) is 19.7 Å². The van der Waals surface area contributed by atoms with Crippen LogP contribution in [0.2, 0.25) is 0 Å². The van der Waals surface area contributed by atoms with E-state index in [4.69, 9.17) is 14.3 Å². The van der Waals surface area contributed by atoms with Crippen LogP contribution < -0.4 is 5.32 Å². The Labute approximate surface area is 122 Å². The van der Waals surface area contributed by atoms with E-state index >= 15 is 0 Å². The van der Waals surface area contributed by atoms with Crippen molar-refractivity contribution in [1.29, 1.82) is 0 Å². The number of morpholine rings is 1. The molecular formula is C13H19N3O5. The van der Waals surface area contributed by atoms with Gasteiger partial charge in [0, 0.05) is 13.1 Å². The number of aromatic nitrogens is 1. The van der Waals surface area contributed by atoms with E-state index < -0.39 is 12.1 Å². The van der Waals surface area contributed by atoms with Crippen LogP contribution >= 0.6 is 0 Å². The minimum absolute atomic E-state index is 0.113. The number of nitrogens with one attached hydrogen (secondary N) is 1. The lowest BCUT2D eigenvalue weighted by molar-refractivity contribution is -0.141. The summed E-state index contributed by atoms with van der Waals surface area (Å²) in [6, 6.07) is -0.635. The molecule has 0 aromatic carbocycles. The molecule has 2 atom stereocenters. The van der Waals surface area contributed by atoms with Gasteiger partial charge in [-0.1, -0.05) is 0 Å². The average molecular weight is 297 g/mol. The van der Waals surface area contributed by atoms with Crippen LogP contribution in [0.1, 0.15) is 31.0 Å². The Morgan fingerprint density at radius 2 is 2.38 bits per heavy atom. The van der Waals surface area contributed by atoms with Crippen molar-refractivity contribution in [1.82, 2.24) is 15.2 Å². The molecule has 1 aliphatic rings. The monoisotopic (exact) mass is 297 g/mol. The third-order valence-corrected chi connectivity index (χ3v) is 3.18. The fraction of sp³-hybridized carbons (Fsp3) is 0.615. The van der Waals surface area contributed by atoms with Gasteiger partial charge in [0.1, 0.15) is 11.8 Å². The van der Waals surface area contributed by atoms with Crippen LogP contribution in [0, 0.1) is 6.92 Å². The van der Waals surface area contributed by atoms with Gasteiger partial charge in [0.2, 0.25) is 5.89 Å². The Morgan fingerprint density at radius 3 is 3.00 bits per heavy atom. The highest BCUT2D eigenvalue weighted by molar-refractivity contribution is 5.75. The molecule has 0 aliphatic carbocycles. The molecule has 0 radical (unpaired) electrons. The number of carbonyl (C=O) groups is 2. The summed E-state index contributed by atoms with van der Waals surface area (Å²) >= 11 is 0. The molecule has 1 saturated heterocycles. The standard InChI is InChI=1S/C13H19N3O5/c1-8-6-14-12(21-8)9(2)15-13(19)16-3-4-20-10(7-16)5-11(17)18/h6,9-10H,3-5,7H2,1-2H3,(H,15,19)(H,17,18). The van der Waals surface area contributed by atoms with E-state index in [-0.39, 0.29) is 25.0 Å². The molecule has 0 bridgehead atoms. The van der Waals surface area contributed by atoms with Crippen LogP contribution in [-0.4, -0.2) is 52.8 Å². The minimum Gasteiger partial charge on any atom is -0.481 e. The zero-order valence-corrected chi connectivity index (χ0v) is 12.0. The number of hydrogen-bond acceptors (Lipinski definition) is 5. The van der Waals surface area contributed by atoms with Gasteiger partial charge >= 0.3 is 12.0 Å². The van der Waals surface area contributed by atoms with Crippen molar-refractivity contribution < 1.29 is 23.8 Å². The van der Waals surface area contributed by atoms with Crippen molar-refractivity contribution in [2.24, 2.45) is 0 Å². The predicted octanol–water partition coefficient (Wildman–Crippen LogP) is 0.929. The summed E-state index contributed by atoms with van der Waals surface area (Å²) in [4.78, 5) is 28.5. The Bertz CT molecular complexity index is 516. The first-order chi connectivity index (χ1) is 9.95. The summed E-state index contributed by atoms with van der Waals surface area (Å²) < 4.78 is 10.7. The van der Waals surface area contributed by atoms with Gasteiger partial charge in [0.25, 0.3) is 0 Å². The van der Waals surface area contributed by atoms with Gasteiger partial charge in [-0.2, -0.15) is 0 Å². The Morgan fingerprint density at radius 1 is 1.62 bits per heavy atom. The number of nitrogens with zero attached hydrogens (tertiary/aromatic N) is 2. The SMILES string of the molecule is Cc1cnc(C(C)NC(=O)N2CCOC(CC(=O)O)C2)o1. The van der Waals surface area contributed by atoms with E-state index in [1.54, 1.807) is 24.9 Å². The Kier molecular flexibility index (Phi) is 4.79. The highest BCUT2D eigenvalue weighted by Gasteiger charge is 2.27. The molecule has 2 heterocycles. The van der Waals surface area contributed by atoms with Crippen molar-refractivity contribution in [3.8, 4) is 0 Å². The molecule has 2 unspecified atom stereocenters. The van der Waals surface area contributed by atoms with E-state index in [2.05, 4.69) is 10.3 Å². The minimum atomic E-state index is -0.939. The van der Waals surface area contributed by atoms with Gasteiger partial charge in [-0.3, -0.25) is 4.79 Å². The van der Waals surface area contributed by atoms with Crippen molar-refractivity contribution in [3.63, 3.8) is 0 Å². The molecule has 1 aromatic rings. The third kappa shape index (κ3) is 4.19. The maximum absolute atomic E-state index is 12.2. The second kappa shape index (κ2) is 6.57. The molecule has 1 aliphatic heterocycles. The maximum Gasteiger partial charge on any atom is 0.318 e. The van der Waals surface area contributed by atoms with Gasteiger partial charge in [-0.15, -0.1) is 0 Å². The normalized spacial score (nSPS) is 20.1. The number of oxazole rings is 1. The van der Waals surface area contributed by atoms with E-state index in [0.717, 1.165) is 0 Å². The van der Waals surface area contributed by atoms with E-state index in [1.807, 2.05) is 0 Å². The summed E-state index contributed by atoms with van der Waals surface area (Å²) in [5.74, 6) is 0.182. The quantitative estimate of drug-likeness (QED) is 0.856. The molecule has 1 fully saturated rings. The van der Waals surface area contributed by atoms with Crippen LogP contribution in [0.5, 0.6) is 0 Å². The van der Waals surface area contributed by atoms with Gasteiger partial charge in [-0.05, 0) is 13.8 Å². The number of amides is 2. The van der Waals surface area contributed by atoms with E-state index in [1.165, 1.54) is 0 Å². The van der Waals surface area contributed by atoms with E-state index in [9.17, 15) is 9.59 Å².